The van der Waals surface area contributed by atoms with Crippen molar-refractivity contribution in [2.24, 2.45) is 0 Å². The Balaban J connectivity index is 4.30. The molecule has 0 saturated carbocycles. The van der Waals surface area contributed by atoms with E-state index in [0.29, 0.717) is 0 Å². The van der Waals surface area contributed by atoms with Crippen molar-refractivity contribution in [1.82, 2.24) is 0 Å². The van der Waals surface area contributed by atoms with E-state index in [1.165, 1.54) is 11.1 Å². The predicted octanol–water partition coefficient (Wildman–Crippen LogP) is 4.16. The Labute approximate surface area is 98.6 Å². The molecule has 0 bridgehead atoms. The summed E-state index contributed by atoms with van der Waals surface area (Å²) in [4.78, 5) is 10.3. The minimum absolute atomic E-state index is 0.724. The molecule has 0 amide bonds. The average molecular weight is 216 g/mol. The Morgan fingerprint density at radius 2 is 1.31 bits per heavy atom. The molecule has 0 saturated heterocycles. The lowest BCUT2D eigenvalue weighted by Gasteiger charge is -1.87. The summed E-state index contributed by atoms with van der Waals surface area (Å²) >= 11 is 0. The highest BCUT2D eigenvalue weighted by Gasteiger charge is 1.79. The van der Waals surface area contributed by atoms with Gasteiger partial charge >= 0.3 is 0 Å². The van der Waals surface area contributed by atoms with E-state index < -0.39 is 0 Å². The van der Waals surface area contributed by atoms with Crippen LogP contribution in [-0.4, -0.2) is 6.29 Å². The van der Waals surface area contributed by atoms with Crippen LogP contribution >= 0.6 is 0 Å². The van der Waals surface area contributed by atoms with Gasteiger partial charge in [0.15, 0.2) is 0 Å². The topological polar surface area (TPSA) is 17.1 Å². The summed E-state index contributed by atoms with van der Waals surface area (Å²) in [7, 11) is 0. The van der Waals surface area contributed by atoms with Gasteiger partial charge in [0.1, 0.15) is 6.29 Å². The first-order valence-electron chi connectivity index (χ1n) is 5.35. The number of allylic oxidation sites excluding steroid dienone is 10. The summed E-state index contributed by atoms with van der Waals surface area (Å²) in [5.74, 6) is 0. The Hall–Kier alpha value is -1.63. The minimum atomic E-state index is 0.724. The molecular formula is C15H20O. The third-order valence-electron chi connectivity index (χ3n) is 1.80. The Bertz CT molecular complexity index is 359. The smallest absolute Gasteiger partial charge is 0.145 e. The van der Waals surface area contributed by atoms with Gasteiger partial charge in [0, 0.05) is 0 Å². The summed E-state index contributed by atoms with van der Waals surface area (Å²) in [6.07, 6.45) is 14.6. The van der Waals surface area contributed by atoms with Crippen molar-refractivity contribution in [3.05, 3.63) is 59.3 Å². The Kier molecular flexibility index (Phi) is 7.78. The lowest BCUT2D eigenvalue weighted by Crippen LogP contribution is -1.72. The van der Waals surface area contributed by atoms with Crippen LogP contribution in [0, 0.1) is 0 Å². The van der Waals surface area contributed by atoms with Crippen LogP contribution < -0.4 is 0 Å². The van der Waals surface area contributed by atoms with Crippen molar-refractivity contribution >= 4 is 6.29 Å². The van der Waals surface area contributed by atoms with Crippen LogP contribution in [0.25, 0.3) is 0 Å². The highest BCUT2D eigenvalue weighted by Crippen LogP contribution is 1.98. The highest BCUT2D eigenvalue weighted by molar-refractivity contribution is 5.72. The predicted molar refractivity (Wildman–Crippen MR) is 71.3 cm³/mol. The standard InChI is InChI=1S/C15H20O/c1-13(2)8-7-11-14(3)9-5-6-10-15(4)12-16/h5-12H,1-4H3/b6-5+,11-7+,14-9+,15-10+. The largest absolute Gasteiger partial charge is 0.298 e. The molecule has 0 spiro atoms. The van der Waals surface area contributed by atoms with Gasteiger partial charge in [0.2, 0.25) is 0 Å². The molecule has 0 radical (unpaired) electrons. The summed E-state index contributed by atoms with van der Waals surface area (Å²) in [6, 6.07) is 0. The molecule has 16 heavy (non-hydrogen) atoms. The lowest BCUT2D eigenvalue weighted by atomic mass is 10.2. The van der Waals surface area contributed by atoms with Crippen LogP contribution in [0.1, 0.15) is 27.7 Å². The van der Waals surface area contributed by atoms with Crippen molar-refractivity contribution in [2.45, 2.75) is 27.7 Å². The first-order valence-corrected chi connectivity index (χ1v) is 5.35. The van der Waals surface area contributed by atoms with Crippen LogP contribution in [0.3, 0.4) is 0 Å². The molecule has 0 N–H and O–H groups in total. The van der Waals surface area contributed by atoms with E-state index in [0.717, 1.165) is 11.9 Å². The molecule has 0 aliphatic rings. The molecule has 0 atom stereocenters. The van der Waals surface area contributed by atoms with Gasteiger partial charge in [-0.05, 0) is 33.3 Å². The molecule has 0 aliphatic heterocycles. The molecule has 0 fully saturated rings. The fourth-order valence-corrected chi connectivity index (χ4v) is 0.902. The first-order chi connectivity index (χ1) is 7.56. The highest BCUT2D eigenvalue weighted by atomic mass is 16.1. The van der Waals surface area contributed by atoms with Gasteiger partial charge in [-0.1, -0.05) is 53.7 Å². The number of carbonyl (C=O) groups is 1. The lowest BCUT2D eigenvalue weighted by molar-refractivity contribution is -0.104. The molecule has 0 aliphatic carbocycles. The summed E-state index contributed by atoms with van der Waals surface area (Å²) < 4.78 is 0. The third-order valence-corrected chi connectivity index (χ3v) is 1.80. The van der Waals surface area contributed by atoms with Crippen LogP contribution in [-0.2, 0) is 4.79 Å². The van der Waals surface area contributed by atoms with Gasteiger partial charge in [-0.3, -0.25) is 4.79 Å². The molecule has 0 unspecified atom stereocenters. The second-order valence-electron chi connectivity index (χ2n) is 3.93. The van der Waals surface area contributed by atoms with E-state index in [1.807, 2.05) is 37.3 Å². The second-order valence-corrected chi connectivity index (χ2v) is 3.93. The number of rotatable bonds is 5. The van der Waals surface area contributed by atoms with Gasteiger partial charge in [0.05, 0.1) is 0 Å². The van der Waals surface area contributed by atoms with Gasteiger partial charge < -0.3 is 0 Å². The normalized spacial score (nSPS) is 13.5. The summed E-state index contributed by atoms with van der Waals surface area (Å²) in [5.41, 5.74) is 3.18. The zero-order chi connectivity index (χ0) is 12.4. The van der Waals surface area contributed by atoms with Crippen molar-refractivity contribution in [3.8, 4) is 0 Å². The van der Waals surface area contributed by atoms with Gasteiger partial charge in [-0.15, -0.1) is 0 Å². The van der Waals surface area contributed by atoms with Crippen LogP contribution in [0.2, 0.25) is 0 Å². The minimum Gasteiger partial charge on any atom is -0.298 e. The summed E-state index contributed by atoms with van der Waals surface area (Å²) in [5, 5.41) is 0. The zero-order valence-electron chi connectivity index (χ0n) is 10.5. The molecule has 86 valence electrons. The van der Waals surface area contributed by atoms with Crippen molar-refractivity contribution in [2.75, 3.05) is 0 Å². The van der Waals surface area contributed by atoms with E-state index in [4.69, 9.17) is 0 Å². The maximum Gasteiger partial charge on any atom is 0.145 e. The first kappa shape index (κ1) is 14.4. The third kappa shape index (κ3) is 8.95. The molecule has 0 aromatic rings. The number of hydrogen-bond donors (Lipinski definition) is 0. The van der Waals surface area contributed by atoms with Crippen molar-refractivity contribution in [3.63, 3.8) is 0 Å². The molecule has 1 heteroatoms. The molecule has 0 heterocycles. The fraction of sp³-hybridized carbons (Fsp3) is 0.267. The van der Waals surface area contributed by atoms with E-state index in [-0.39, 0.29) is 0 Å². The SMILES string of the molecule is CC(C)=C/C=C/C(C)=C/C=C/C=C(\C)C=O. The Morgan fingerprint density at radius 3 is 1.81 bits per heavy atom. The van der Waals surface area contributed by atoms with Crippen molar-refractivity contribution < 1.29 is 4.79 Å². The molecule has 0 rings (SSSR count). The Morgan fingerprint density at radius 1 is 0.750 bits per heavy atom. The van der Waals surface area contributed by atoms with Crippen LogP contribution in [0.4, 0.5) is 0 Å². The van der Waals surface area contributed by atoms with Gasteiger partial charge in [-0.2, -0.15) is 0 Å². The second kappa shape index (κ2) is 8.66. The maximum absolute atomic E-state index is 10.3. The quantitative estimate of drug-likeness (QED) is 0.383. The molecule has 0 aromatic heterocycles. The van der Waals surface area contributed by atoms with E-state index in [2.05, 4.69) is 19.9 Å². The zero-order valence-corrected chi connectivity index (χ0v) is 10.5. The van der Waals surface area contributed by atoms with Gasteiger partial charge in [-0.25, -0.2) is 0 Å². The number of carbonyl (C=O) groups excluding carboxylic acids is 1. The van der Waals surface area contributed by atoms with Gasteiger partial charge in [0.25, 0.3) is 0 Å². The van der Waals surface area contributed by atoms with Crippen LogP contribution in [0.5, 0.6) is 0 Å². The van der Waals surface area contributed by atoms with E-state index in [9.17, 15) is 4.79 Å². The molecular weight excluding hydrogens is 196 g/mol. The molecule has 1 nitrogen and oxygen atoms in total. The molecule has 0 aromatic carbocycles. The van der Waals surface area contributed by atoms with Crippen molar-refractivity contribution in [1.29, 1.82) is 0 Å². The maximum atomic E-state index is 10.3. The number of hydrogen-bond acceptors (Lipinski definition) is 1. The van der Waals surface area contributed by atoms with Crippen LogP contribution in [0.15, 0.2) is 59.3 Å². The average Bonchev–Trinajstić information content (AvgIpc) is 2.23. The number of aldehydes is 1. The monoisotopic (exact) mass is 216 g/mol. The summed E-state index contributed by atoms with van der Waals surface area (Å²) in [6.45, 7) is 7.95. The fourth-order valence-electron chi connectivity index (χ4n) is 0.902. The van der Waals surface area contributed by atoms with E-state index in [1.54, 1.807) is 13.0 Å². The van der Waals surface area contributed by atoms with E-state index >= 15 is 0 Å².